The summed E-state index contributed by atoms with van der Waals surface area (Å²) in [4.78, 5) is 11.5. The van der Waals surface area contributed by atoms with Gasteiger partial charge in [-0.25, -0.2) is 4.79 Å². The number of ether oxygens (including phenoxy) is 1. The first-order valence-electron chi connectivity index (χ1n) is 5.21. The number of carbonyl (C=O) groups excluding carboxylic acids is 1. The van der Waals surface area contributed by atoms with E-state index in [1.165, 1.54) is 0 Å². The van der Waals surface area contributed by atoms with Crippen LogP contribution in [0.2, 0.25) is 0 Å². The lowest BCUT2D eigenvalue weighted by atomic mass is 10.2. The van der Waals surface area contributed by atoms with Crippen molar-refractivity contribution in [2.24, 2.45) is 0 Å². The maximum atomic E-state index is 11.5. The summed E-state index contributed by atoms with van der Waals surface area (Å²) in [5.41, 5.74) is 0. The monoisotopic (exact) mass is 232 g/mol. The second-order valence-corrected chi connectivity index (χ2v) is 5.86. The van der Waals surface area contributed by atoms with Crippen LogP contribution in [0.3, 0.4) is 0 Å². The van der Waals surface area contributed by atoms with E-state index in [9.17, 15) is 4.79 Å². The molecule has 1 aliphatic heterocycles. The fourth-order valence-electron chi connectivity index (χ4n) is 1.25. The van der Waals surface area contributed by atoms with Crippen LogP contribution in [0.5, 0.6) is 0 Å². The number of urea groups is 1. The van der Waals surface area contributed by atoms with Crippen LogP contribution in [0.1, 0.15) is 20.3 Å². The van der Waals surface area contributed by atoms with Gasteiger partial charge in [0.15, 0.2) is 0 Å². The second-order valence-electron chi connectivity index (χ2n) is 4.35. The summed E-state index contributed by atoms with van der Waals surface area (Å²) in [5.74, 6) is 0. The number of carbonyl (C=O) groups is 1. The summed E-state index contributed by atoms with van der Waals surface area (Å²) in [6, 6.07) is 0.0926. The smallest absolute Gasteiger partial charge is 0.315 e. The van der Waals surface area contributed by atoms with Crippen molar-refractivity contribution in [2.45, 2.75) is 31.1 Å². The normalized spacial score (nSPS) is 21.4. The molecular formula is C10H20N2O2S. The molecule has 1 aliphatic rings. The van der Waals surface area contributed by atoms with E-state index in [1.807, 2.05) is 6.26 Å². The lowest BCUT2D eigenvalue weighted by Crippen LogP contribution is -2.46. The number of rotatable bonds is 4. The van der Waals surface area contributed by atoms with Gasteiger partial charge in [-0.05, 0) is 26.5 Å². The molecule has 0 radical (unpaired) electrons. The minimum atomic E-state index is -0.0902. The third-order valence-corrected chi connectivity index (χ3v) is 3.74. The maximum Gasteiger partial charge on any atom is 0.315 e. The molecule has 1 unspecified atom stereocenters. The highest BCUT2D eigenvalue weighted by molar-refractivity contribution is 7.99. The van der Waals surface area contributed by atoms with Gasteiger partial charge < -0.3 is 15.4 Å². The quantitative estimate of drug-likeness (QED) is 0.766. The van der Waals surface area contributed by atoms with Crippen molar-refractivity contribution in [2.75, 3.05) is 26.0 Å². The lowest BCUT2D eigenvalue weighted by Gasteiger charge is -2.22. The molecule has 1 rings (SSSR count). The Kier molecular flexibility index (Phi) is 4.73. The SMILES string of the molecule is CSC(C)(C)CNC(=O)NC1CCOC1. The van der Waals surface area contributed by atoms with Crippen molar-refractivity contribution < 1.29 is 9.53 Å². The Bertz CT molecular complexity index is 215. The van der Waals surface area contributed by atoms with Crippen LogP contribution in [0, 0.1) is 0 Å². The van der Waals surface area contributed by atoms with Crippen LogP contribution in [0.4, 0.5) is 4.79 Å². The van der Waals surface area contributed by atoms with Crippen LogP contribution in [-0.4, -0.2) is 42.8 Å². The summed E-state index contributed by atoms with van der Waals surface area (Å²) in [5, 5.41) is 5.77. The van der Waals surface area contributed by atoms with E-state index in [-0.39, 0.29) is 16.8 Å². The number of nitrogens with one attached hydrogen (secondary N) is 2. The predicted octanol–water partition coefficient (Wildman–Crippen LogP) is 1.22. The third-order valence-electron chi connectivity index (χ3n) is 2.49. The zero-order valence-corrected chi connectivity index (χ0v) is 10.4. The number of amides is 2. The summed E-state index contributed by atoms with van der Waals surface area (Å²) < 4.78 is 5.26. The van der Waals surface area contributed by atoms with E-state index >= 15 is 0 Å². The van der Waals surface area contributed by atoms with Crippen molar-refractivity contribution >= 4 is 17.8 Å². The molecule has 1 atom stereocenters. The first kappa shape index (κ1) is 12.6. The van der Waals surface area contributed by atoms with Crippen LogP contribution in [0.25, 0.3) is 0 Å². The van der Waals surface area contributed by atoms with E-state index in [2.05, 4.69) is 24.5 Å². The van der Waals surface area contributed by atoms with Crippen molar-refractivity contribution in [3.63, 3.8) is 0 Å². The standard InChI is InChI=1S/C10H20N2O2S/c1-10(2,15-3)7-11-9(13)12-8-4-5-14-6-8/h8H,4-7H2,1-3H3,(H2,11,12,13). The molecule has 2 N–H and O–H groups in total. The summed E-state index contributed by atoms with van der Waals surface area (Å²) in [6.07, 6.45) is 2.96. The average molecular weight is 232 g/mol. The van der Waals surface area contributed by atoms with Gasteiger partial charge in [0, 0.05) is 17.9 Å². The molecule has 0 bridgehead atoms. The fraction of sp³-hybridized carbons (Fsp3) is 0.900. The number of thioether (sulfide) groups is 1. The van der Waals surface area contributed by atoms with Crippen molar-refractivity contribution in [3.8, 4) is 0 Å². The largest absolute Gasteiger partial charge is 0.379 e. The predicted molar refractivity (Wildman–Crippen MR) is 63.4 cm³/mol. The Morgan fingerprint density at radius 1 is 1.60 bits per heavy atom. The molecule has 1 heterocycles. The van der Waals surface area contributed by atoms with E-state index in [4.69, 9.17) is 4.74 Å². The molecule has 0 aromatic heterocycles. The molecule has 0 spiro atoms. The molecule has 0 saturated carbocycles. The van der Waals surface area contributed by atoms with Gasteiger partial charge in [-0.1, -0.05) is 0 Å². The maximum absolute atomic E-state index is 11.5. The van der Waals surface area contributed by atoms with Gasteiger partial charge >= 0.3 is 6.03 Å². The minimum Gasteiger partial charge on any atom is -0.379 e. The molecule has 0 aromatic rings. The topological polar surface area (TPSA) is 50.4 Å². The van der Waals surface area contributed by atoms with E-state index < -0.39 is 0 Å². The summed E-state index contributed by atoms with van der Waals surface area (Å²) in [6.45, 7) is 6.28. The van der Waals surface area contributed by atoms with Crippen molar-refractivity contribution in [3.05, 3.63) is 0 Å². The van der Waals surface area contributed by atoms with Crippen LogP contribution >= 0.6 is 11.8 Å². The van der Waals surface area contributed by atoms with Gasteiger partial charge in [-0.15, -0.1) is 0 Å². The van der Waals surface area contributed by atoms with Gasteiger partial charge in [0.25, 0.3) is 0 Å². The molecular weight excluding hydrogens is 212 g/mol. The zero-order chi connectivity index (χ0) is 11.3. The van der Waals surface area contributed by atoms with Crippen LogP contribution < -0.4 is 10.6 Å². The molecule has 5 heteroatoms. The fourth-order valence-corrected chi connectivity index (χ4v) is 1.47. The van der Waals surface area contributed by atoms with E-state index in [1.54, 1.807) is 11.8 Å². The van der Waals surface area contributed by atoms with Gasteiger partial charge in [0.05, 0.1) is 12.6 Å². The van der Waals surface area contributed by atoms with E-state index in [0.717, 1.165) is 13.0 Å². The highest BCUT2D eigenvalue weighted by Crippen LogP contribution is 2.19. The molecule has 0 aromatic carbocycles. The highest BCUT2D eigenvalue weighted by Gasteiger charge is 2.20. The highest BCUT2D eigenvalue weighted by atomic mass is 32.2. The number of hydrogen-bond acceptors (Lipinski definition) is 3. The Labute approximate surface area is 95.5 Å². The van der Waals surface area contributed by atoms with Crippen molar-refractivity contribution in [1.82, 2.24) is 10.6 Å². The van der Waals surface area contributed by atoms with Crippen LogP contribution in [0.15, 0.2) is 0 Å². The Hall–Kier alpha value is -0.420. The summed E-state index contributed by atoms with van der Waals surface area (Å²) >= 11 is 1.74. The first-order valence-corrected chi connectivity index (χ1v) is 6.43. The molecule has 88 valence electrons. The van der Waals surface area contributed by atoms with Gasteiger partial charge in [-0.2, -0.15) is 11.8 Å². The molecule has 4 nitrogen and oxygen atoms in total. The second kappa shape index (κ2) is 5.61. The zero-order valence-electron chi connectivity index (χ0n) is 9.63. The van der Waals surface area contributed by atoms with Gasteiger partial charge in [0.1, 0.15) is 0 Å². The van der Waals surface area contributed by atoms with Crippen LogP contribution in [-0.2, 0) is 4.74 Å². The van der Waals surface area contributed by atoms with E-state index in [0.29, 0.717) is 13.2 Å². The molecule has 1 saturated heterocycles. The Balaban J connectivity index is 2.18. The minimum absolute atomic E-state index is 0.0868. The Morgan fingerprint density at radius 2 is 2.33 bits per heavy atom. The van der Waals surface area contributed by atoms with Crippen molar-refractivity contribution in [1.29, 1.82) is 0 Å². The molecule has 0 aliphatic carbocycles. The first-order chi connectivity index (χ1) is 7.03. The van der Waals surface area contributed by atoms with Gasteiger partial charge in [0.2, 0.25) is 0 Å². The lowest BCUT2D eigenvalue weighted by molar-refractivity contribution is 0.188. The third kappa shape index (κ3) is 4.75. The Morgan fingerprint density at radius 3 is 2.87 bits per heavy atom. The molecule has 15 heavy (non-hydrogen) atoms. The average Bonchev–Trinajstić information content (AvgIpc) is 2.68. The summed E-state index contributed by atoms with van der Waals surface area (Å²) in [7, 11) is 0. The number of hydrogen-bond donors (Lipinski definition) is 2. The van der Waals surface area contributed by atoms with Gasteiger partial charge in [-0.3, -0.25) is 0 Å². The molecule has 2 amide bonds. The molecule has 1 fully saturated rings.